The first-order chi connectivity index (χ1) is 10.6. The van der Waals surface area contributed by atoms with E-state index in [9.17, 15) is 15.0 Å². The van der Waals surface area contributed by atoms with Gasteiger partial charge in [0.2, 0.25) is 0 Å². The summed E-state index contributed by atoms with van der Waals surface area (Å²) in [4.78, 5) is 11.7. The Morgan fingerprint density at radius 3 is 2.68 bits per heavy atom. The first-order valence-corrected chi connectivity index (χ1v) is 7.42. The van der Waals surface area contributed by atoms with Crippen LogP contribution in [0.3, 0.4) is 0 Å². The zero-order valence-electron chi connectivity index (χ0n) is 12.3. The van der Waals surface area contributed by atoms with E-state index in [2.05, 4.69) is 0 Å². The van der Waals surface area contributed by atoms with Crippen molar-refractivity contribution in [1.29, 1.82) is 0 Å². The van der Waals surface area contributed by atoms with Crippen LogP contribution < -0.4 is 0 Å². The highest BCUT2D eigenvalue weighted by Gasteiger charge is 2.36. The van der Waals surface area contributed by atoms with Crippen LogP contribution in [0.1, 0.15) is 24.8 Å². The molecule has 0 aliphatic carbocycles. The van der Waals surface area contributed by atoms with Gasteiger partial charge >= 0.3 is 5.97 Å². The summed E-state index contributed by atoms with van der Waals surface area (Å²) in [5, 5.41) is 28.4. The van der Waals surface area contributed by atoms with Crippen molar-refractivity contribution in [1.82, 2.24) is 0 Å². The molecule has 0 unspecified atom stereocenters. The number of rotatable bonds is 6. The molecule has 0 radical (unpaired) electrons. The monoisotopic (exact) mass is 310 g/mol. The third-order valence-corrected chi connectivity index (χ3v) is 3.74. The van der Waals surface area contributed by atoms with Gasteiger partial charge in [-0.05, 0) is 12.0 Å². The van der Waals surface area contributed by atoms with Crippen LogP contribution in [-0.4, -0.2) is 52.3 Å². The van der Waals surface area contributed by atoms with Gasteiger partial charge in [-0.3, -0.25) is 4.79 Å². The molecule has 2 rings (SSSR count). The van der Waals surface area contributed by atoms with Crippen molar-refractivity contribution >= 4 is 5.97 Å². The zero-order valence-corrected chi connectivity index (χ0v) is 12.3. The molecule has 0 bridgehead atoms. The van der Waals surface area contributed by atoms with Gasteiger partial charge in [0.15, 0.2) is 0 Å². The van der Waals surface area contributed by atoms with E-state index in [1.54, 1.807) is 0 Å². The molecule has 1 saturated heterocycles. The minimum absolute atomic E-state index is 0.165. The van der Waals surface area contributed by atoms with Crippen LogP contribution in [-0.2, 0) is 20.9 Å². The molecule has 0 amide bonds. The van der Waals surface area contributed by atoms with E-state index in [1.807, 2.05) is 30.3 Å². The SMILES string of the molecule is O=C(CC[C@@H]1C[C@@H](O)[C@H](O)[C@@H](CO)O1)OCc1ccccc1. The van der Waals surface area contributed by atoms with Crippen LogP contribution in [0.25, 0.3) is 0 Å². The first-order valence-electron chi connectivity index (χ1n) is 7.42. The Morgan fingerprint density at radius 2 is 2.00 bits per heavy atom. The van der Waals surface area contributed by atoms with Gasteiger partial charge in [0.25, 0.3) is 0 Å². The van der Waals surface area contributed by atoms with Crippen molar-refractivity contribution in [2.24, 2.45) is 0 Å². The molecule has 0 aromatic heterocycles. The lowest BCUT2D eigenvalue weighted by Gasteiger charge is -2.36. The van der Waals surface area contributed by atoms with Gasteiger partial charge in [-0.15, -0.1) is 0 Å². The van der Waals surface area contributed by atoms with Gasteiger partial charge in [-0.1, -0.05) is 30.3 Å². The fourth-order valence-electron chi connectivity index (χ4n) is 2.47. The number of hydrogen-bond donors (Lipinski definition) is 3. The molecule has 22 heavy (non-hydrogen) atoms. The molecule has 0 saturated carbocycles. The van der Waals surface area contributed by atoms with Crippen LogP contribution in [0.2, 0.25) is 0 Å². The Labute approximate surface area is 129 Å². The second kappa shape index (κ2) is 8.24. The van der Waals surface area contributed by atoms with Crippen molar-refractivity contribution in [3.8, 4) is 0 Å². The summed E-state index contributed by atoms with van der Waals surface area (Å²) in [6.45, 7) is -0.140. The van der Waals surface area contributed by atoms with Gasteiger partial charge in [0.05, 0.1) is 18.8 Å². The Balaban J connectivity index is 1.72. The van der Waals surface area contributed by atoms with Crippen molar-refractivity contribution in [3.05, 3.63) is 35.9 Å². The lowest BCUT2D eigenvalue weighted by atomic mass is 9.96. The number of carbonyl (C=O) groups is 1. The number of aliphatic hydroxyl groups is 3. The van der Waals surface area contributed by atoms with Crippen LogP contribution in [0.15, 0.2) is 30.3 Å². The smallest absolute Gasteiger partial charge is 0.306 e. The molecule has 6 heteroatoms. The van der Waals surface area contributed by atoms with Crippen molar-refractivity contribution in [2.75, 3.05) is 6.61 Å². The molecular weight excluding hydrogens is 288 g/mol. The van der Waals surface area contributed by atoms with E-state index in [0.717, 1.165) is 5.56 Å². The second-order valence-corrected chi connectivity index (χ2v) is 5.46. The number of benzene rings is 1. The normalized spacial score (nSPS) is 28.3. The summed E-state index contributed by atoms with van der Waals surface area (Å²) in [6, 6.07) is 9.40. The maximum absolute atomic E-state index is 11.7. The number of hydrogen-bond acceptors (Lipinski definition) is 6. The highest BCUT2D eigenvalue weighted by molar-refractivity contribution is 5.69. The Morgan fingerprint density at radius 1 is 1.27 bits per heavy atom. The van der Waals surface area contributed by atoms with Crippen LogP contribution >= 0.6 is 0 Å². The highest BCUT2D eigenvalue weighted by Crippen LogP contribution is 2.23. The van der Waals surface area contributed by atoms with E-state index in [4.69, 9.17) is 14.6 Å². The van der Waals surface area contributed by atoms with Gasteiger partial charge in [-0.25, -0.2) is 0 Å². The average Bonchev–Trinajstić information content (AvgIpc) is 2.54. The summed E-state index contributed by atoms with van der Waals surface area (Å²) in [5.74, 6) is -0.339. The molecule has 1 aliphatic rings. The summed E-state index contributed by atoms with van der Waals surface area (Å²) in [6.07, 6.45) is -2.44. The quantitative estimate of drug-likeness (QED) is 0.658. The molecule has 0 spiro atoms. The number of aliphatic hydroxyl groups excluding tert-OH is 3. The molecule has 1 heterocycles. The van der Waals surface area contributed by atoms with Gasteiger partial charge in [-0.2, -0.15) is 0 Å². The molecule has 3 N–H and O–H groups in total. The molecule has 4 atom stereocenters. The maximum atomic E-state index is 11.7. The Hall–Kier alpha value is -1.47. The summed E-state index contributed by atoms with van der Waals surface area (Å²) in [7, 11) is 0. The summed E-state index contributed by atoms with van der Waals surface area (Å²) >= 11 is 0. The molecular formula is C16H22O6. The van der Waals surface area contributed by atoms with Crippen LogP contribution in [0.4, 0.5) is 0 Å². The largest absolute Gasteiger partial charge is 0.461 e. The second-order valence-electron chi connectivity index (χ2n) is 5.46. The predicted octanol–water partition coefficient (Wildman–Crippen LogP) is 0.382. The fourth-order valence-corrected chi connectivity index (χ4v) is 2.47. The third-order valence-electron chi connectivity index (χ3n) is 3.74. The Bertz CT molecular complexity index is 463. The molecule has 6 nitrogen and oxygen atoms in total. The minimum Gasteiger partial charge on any atom is -0.461 e. The van der Waals surface area contributed by atoms with Crippen molar-refractivity contribution in [3.63, 3.8) is 0 Å². The van der Waals surface area contributed by atoms with E-state index in [0.29, 0.717) is 6.42 Å². The molecule has 1 aliphatic heterocycles. The predicted molar refractivity (Wildman–Crippen MR) is 77.8 cm³/mol. The number of esters is 1. The van der Waals surface area contributed by atoms with Gasteiger partial charge < -0.3 is 24.8 Å². The average molecular weight is 310 g/mol. The van der Waals surface area contributed by atoms with Crippen LogP contribution in [0.5, 0.6) is 0 Å². The lowest BCUT2D eigenvalue weighted by Crippen LogP contribution is -2.49. The zero-order chi connectivity index (χ0) is 15.9. The number of carbonyl (C=O) groups excluding carboxylic acids is 1. The molecule has 1 fully saturated rings. The summed E-state index contributed by atoms with van der Waals surface area (Å²) in [5.41, 5.74) is 0.920. The Kier molecular flexibility index (Phi) is 6.33. The summed E-state index contributed by atoms with van der Waals surface area (Å²) < 4.78 is 10.6. The van der Waals surface area contributed by atoms with E-state index in [-0.39, 0.29) is 38.1 Å². The van der Waals surface area contributed by atoms with Gasteiger partial charge in [0, 0.05) is 12.8 Å². The number of ether oxygens (including phenoxy) is 2. The minimum atomic E-state index is -1.09. The van der Waals surface area contributed by atoms with E-state index >= 15 is 0 Å². The van der Waals surface area contributed by atoms with Crippen LogP contribution in [0, 0.1) is 0 Å². The van der Waals surface area contributed by atoms with Crippen molar-refractivity contribution in [2.45, 2.75) is 50.3 Å². The first kappa shape index (κ1) is 16.9. The topological polar surface area (TPSA) is 96.2 Å². The van der Waals surface area contributed by atoms with Gasteiger partial charge in [0.1, 0.15) is 18.8 Å². The molecule has 122 valence electrons. The lowest BCUT2D eigenvalue weighted by molar-refractivity contribution is -0.182. The molecule has 1 aromatic rings. The van der Waals surface area contributed by atoms with Crippen molar-refractivity contribution < 1.29 is 29.6 Å². The van der Waals surface area contributed by atoms with E-state index in [1.165, 1.54) is 0 Å². The van der Waals surface area contributed by atoms with E-state index < -0.39 is 18.3 Å². The fraction of sp³-hybridized carbons (Fsp3) is 0.562. The molecule has 1 aromatic carbocycles. The maximum Gasteiger partial charge on any atom is 0.306 e. The highest BCUT2D eigenvalue weighted by atomic mass is 16.5. The standard InChI is InChI=1S/C16H22O6/c17-9-14-16(20)13(18)8-12(22-14)6-7-15(19)21-10-11-4-2-1-3-5-11/h1-5,12-14,16-18,20H,6-10H2/t12-,13-,14-,16+/m1/s1. The third kappa shape index (κ3) is 4.78.